The SMILES string of the molecule is COc1ccc(C2(O)CN(CCO)CCO2)cc1. The minimum absolute atomic E-state index is 0.0820. The largest absolute Gasteiger partial charge is 0.497 e. The van der Waals surface area contributed by atoms with E-state index in [1.807, 2.05) is 4.90 Å². The van der Waals surface area contributed by atoms with Crippen molar-refractivity contribution < 1.29 is 19.7 Å². The van der Waals surface area contributed by atoms with Gasteiger partial charge in [0.25, 0.3) is 0 Å². The van der Waals surface area contributed by atoms with Gasteiger partial charge in [-0.15, -0.1) is 0 Å². The Balaban J connectivity index is 2.13. The Hall–Kier alpha value is -1.14. The molecule has 1 aliphatic heterocycles. The molecular formula is C13H19NO4. The number of morpholine rings is 1. The molecule has 2 rings (SSSR count). The molecule has 100 valence electrons. The van der Waals surface area contributed by atoms with Gasteiger partial charge in [0.15, 0.2) is 0 Å². The molecule has 1 saturated heterocycles. The molecule has 0 amide bonds. The van der Waals surface area contributed by atoms with E-state index in [0.29, 0.717) is 25.3 Å². The van der Waals surface area contributed by atoms with Crippen molar-refractivity contribution in [2.24, 2.45) is 0 Å². The van der Waals surface area contributed by atoms with Gasteiger partial charge in [-0.1, -0.05) is 0 Å². The monoisotopic (exact) mass is 253 g/mol. The Morgan fingerprint density at radius 2 is 2.11 bits per heavy atom. The van der Waals surface area contributed by atoms with Crippen LogP contribution in [0, 0.1) is 0 Å². The van der Waals surface area contributed by atoms with Crippen molar-refractivity contribution in [1.29, 1.82) is 0 Å². The fourth-order valence-corrected chi connectivity index (χ4v) is 2.13. The molecule has 1 aromatic rings. The number of aliphatic hydroxyl groups is 2. The number of β-amino-alcohol motifs (C(OH)–C–C–N with tert-alkyl or cyclic N) is 2. The van der Waals surface area contributed by atoms with Crippen LogP contribution in [0.5, 0.6) is 5.75 Å². The summed E-state index contributed by atoms with van der Waals surface area (Å²) in [4.78, 5) is 1.98. The Kier molecular flexibility index (Phi) is 4.19. The third-order valence-corrected chi connectivity index (χ3v) is 3.14. The summed E-state index contributed by atoms with van der Waals surface area (Å²) in [7, 11) is 1.60. The maximum Gasteiger partial charge on any atom is 0.205 e. The summed E-state index contributed by atoms with van der Waals surface area (Å²) in [5, 5.41) is 19.5. The Labute approximate surface area is 107 Å². The van der Waals surface area contributed by atoms with Crippen LogP contribution in [0.15, 0.2) is 24.3 Å². The lowest BCUT2D eigenvalue weighted by atomic mass is 10.0. The minimum atomic E-state index is -1.31. The van der Waals surface area contributed by atoms with Crippen molar-refractivity contribution in [3.63, 3.8) is 0 Å². The number of hydrogen-bond acceptors (Lipinski definition) is 5. The molecule has 0 spiro atoms. The highest BCUT2D eigenvalue weighted by Gasteiger charge is 2.36. The predicted octanol–water partition coefficient (Wildman–Crippen LogP) is 0.165. The molecule has 0 aromatic heterocycles. The van der Waals surface area contributed by atoms with Gasteiger partial charge in [0.05, 0.1) is 26.9 Å². The first-order valence-corrected chi connectivity index (χ1v) is 6.02. The van der Waals surface area contributed by atoms with Crippen molar-refractivity contribution in [2.45, 2.75) is 5.79 Å². The van der Waals surface area contributed by atoms with Crippen molar-refractivity contribution >= 4 is 0 Å². The van der Waals surface area contributed by atoms with Gasteiger partial charge in [0.1, 0.15) is 5.75 Å². The van der Waals surface area contributed by atoms with Gasteiger partial charge in [0.2, 0.25) is 5.79 Å². The minimum Gasteiger partial charge on any atom is -0.497 e. The molecule has 0 saturated carbocycles. The van der Waals surface area contributed by atoms with Crippen molar-refractivity contribution in [3.8, 4) is 5.75 Å². The average Bonchev–Trinajstić information content (AvgIpc) is 2.39. The highest BCUT2D eigenvalue weighted by Crippen LogP contribution is 2.28. The first-order valence-electron chi connectivity index (χ1n) is 6.02. The number of hydrogen-bond donors (Lipinski definition) is 2. The number of methoxy groups -OCH3 is 1. The normalized spacial score (nSPS) is 25.1. The number of nitrogens with zero attached hydrogens (tertiary/aromatic N) is 1. The summed E-state index contributed by atoms with van der Waals surface area (Å²) in [6.45, 7) is 2.15. The number of ether oxygens (including phenoxy) is 2. The number of aliphatic hydroxyl groups excluding tert-OH is 1. The fourth-order valence-electron chi connectivity index (χ4n) is 2.13. The van der Waals surface area contributed by atoms with E-state index >= 15 is 0 Å². The first kappa shape index (κ1) is 13.3. The van der Waals surface area contributed by atoms with Gasteiger partial charge in [-0.25, -0.2) is 0 Å². The summed E-state index contributed by atoms with van der Waals surface area (Å²) in [5.41, 5.74) is 0.700. The topological polar surface area (TPSA) is 62.2 Å². The van der Waals surface area contributed by atoms with Crippen LogP contribution < -0.4 is 4.74 Å². The second-order valence-corrected chi connectivity index (χ2v) is 4.36. The molecule has 0 bridgehead atoms. The van der Waals surface area contributed by atoms with E-state index in [1.165, 1.54) is 0 Å². The van der Waals surface area contributed by atoms with Gasteiger partial charge >= 0.3 is 0 Å². The quantitative estimate of drug-likeness (QED) is 0.800. The lowest BCUT2D eigenvalue weighted by Gasteiger charge is -2.39. The van der Waals surface area contributed by atoms with Gasteiger partial charge < -0.3 is 19.7 Å². The third-order valence-electron chi connectivity index (χ3n) is 3.14. The molecule has 2 N–H and O–H groups in total. The maximum atomic E-state index is 10.5. The average molecular weight is 253 g/mol. The molecule has 1 aliphatic rings. The van der Waals surface area contributed by atoms with Crippen molar-refractivity contribution in [2.75, 3.05) is 40.0 Å². The van der Waals surface area contributed by atoms with Crippen LogP contribution in [-0.2, 0) is 10.5 Å². The maximum absolute atomic E-state index is 10.5. The van der Waals surface area contributed by atoms with Crippen LogP contribution in [0.25, 0.3) is 0 Å². The Bertz CT molecular complexity index is 379. The van der Waals surface area contributed by atoms with Crippen LogP contribution in [-0.4, -0.2) is 55.1 Å². The van der Waals surface area contributed by atoms with Crippen LogP contribution in [0.3, 0.4) is 0 Å². The van der Waals surface area contributed by atoms with E-state index in [1.54, 1.807) is 31.4 Å². The van der Waals surface area contributed by atoms with Gasteiger partial charge in [-0.3, -0.25) is 4.90 Å². The molecule has 5 heteroatoms. The van der Waals surface area contributed by atoms with E-state index in [9.17, 15) is 5.11 Å². The molecule has 1 aromatic carbocycles. The fraction of sp³-hybridized carbons (Fsp3) is 0.538. The highest BCUT2D eigenvalue weighted by atomic mass is 16.6. The highest BCUT2D eigenvalue weighted by molar-refractivity contribution is 5.30. The molecule has 5 nitrogen and oxygen atoms in total. The van der Waals surface area contributed by atoms with E-state index < -0.39 is 5.79 Å². The van der Waals surface area contributed by atoms with Crippen molar-refractivity contribution in [1.82, 2.24) is 4.90 Å². The van der Waals surface area contributed by atoms with Crippen LogP contribution in [0.4, 0.5) is 0 Å². The molecule has 0 radical (unpaired) electrons. The summed E-state index contributed by atoms with van der Waals surface area (Å²) in [5.74, 6) is -0.565. The van der Waals surface area contributed by atoms with Crippen molar-refractivity contribution in [3.05, 3.63) is 29.8 Å². The van der Waals surface area contributed by atoms with Crippen LogP contribution in [0.2, 0.25) is 0 Å². The van der Waals surface area contributed by atoms with E-state index in [2.05, 4.69) is 0 Å². The van der Waals surface area contributed by atoms with Gasteiger partial charge in [0, 0.05) is 18.7 Å². The van der Waals surface area contributed by atoms with E-state index in [0.717, 1.165) is 12.3 Å². The lowest BCUT2D eigenvalue weighted by molar-refractivity contribution is -0.248. The summed E-state index contributed by atoms with van der Waals surface area (Å²) < 4.78 is 10.6. The van der Waals surface area contributed by atoms with Gasteiger partial charge in [-0.05, 0) is 24.3 Å². The predicted molar refractivity (Wildman–Crippen MR) is 66.4 cm³/mol. The standard InChI is InChI=1S/C13H19NO4/c1-17-12-4-2-11(3-5-12)13(16)10-14(6-8-15)7-9-18-13/h2-5,15-16H,6-10H2,1H3. The van der Waals surface area contributed by atoms with E-state index in [4.69, 9.17) is 14.6 Å². The molecule has 1 heterocycles. The smallest absolute Gasteiger partial charge is 0.205 e. The second-order valence-electron chi connectivity index (χ2n) is 4.36. The summed E-state index contributed by atoms with van der Waals surface area (Å²) >= 11 is 0. The second kappa shape index (κ2) is 5.67. The van der Waals surface area contributed by atoms with Crippen LogP contribution in [0.1, 0.15) is 5.56 Å². The summed E-state index contributed by atoms with van der Waals surface area (Å²) in [6, 6.07) is 7.17. The Morgan fingerprint density at radius 3 is 2.72 bits per heavy atom. The van der Waals surface area contributed by atoms with E-state index in [-0.39, 0.29) is 6.61 Å². The number of rotatable bonds is 4. The zero-order valence-electron chi connectivity index (χ0n) is 10.5. The number of benzene rings is 1. The molecule has 1 unspecified atom stereocenters. The zero-order chi connectivity index (χ0) is 13.0. The summed E-state index contributed by atoms with van der Waals surface area (Å²) in [6.07, 6.45) is 0. The molecular weight excluding hydrogens is 234 g/mol. The molecule has 1 fully saturated rings. The zero-order valence-corrected chi connectivity index (χ0v) is 10.5. The Morgan fingerprint density at radius 1 is 1.39 bits per heavy atom. The third kappa shape index (κ3) is 2.81. The molecule has 0 aliphatic carbocycles. The molecule has 18 heavy (non-hydrogen) atoms. The molecule has 1 atom stereocenters. The van der Waals surface area contributed by atoms with Crippen LogP contribution >= 0.6 is 0 Å². The lowest BCUT2D eigenvalue weighted by Crippen LogP contribution is -2.50. The first-order chi connectivity index (χ1) is 8.68. The van der Waals surface area contributed by atoms with Gasteiger partial charge in [-0.2, -0.15) is 0 Å².